The Labute approximate surface area is 125 Å². The fourth-order valence-electron chi connectivity index (χ4n) is 1.79. The van der Waals surface area contributed by atoms with Crippen LogP contribution in [0.2, 0.25) is 0 Å². The van der Waals surface area contributed by atoms with Crippen LogP contribution in [0.5, 0.6) is 0 Å². The Bertz CT molecular complexity index is 613. The van der Waals surface area contributed by atoms with E-state index in [0.717, 1.165) is 14.8 Å². The van der Waals surface area contributed by atoms with Gasteiger partial charge in [-0.15, -0.1) is 0 Å². The first-order chi connectivity index (χ1) is 9.04. The van der Waals surface area contributed by atoms with E-state index in [-0.39, 0.29) is 18.1 Å². The van der Waals surface area contributed by atoms with Gasteiger partial charge in [0.2, 0.25) is 5.91 Å². The second-order valence-electron chi connectivity index (χ2n) is 4.31. The second kappa shape index (κ2) is 6.14. The van der Waals surface area contributed by atoms with E-state index in [1.165, 1.54) is 12.1 Å². The SMILES string of the molecule is Cc1cc(I)ccc1NC(=O)Cc1cccc(F)c1. The summed E-state index contributed by atoms with van der Waals surface area (Å²) in [6.45, 7) is 1.94. The van der Waals surface area contributed by atoms with Gasteiger partial charge in [-0.25, -0.2) is 4.39 Å². The first-order valence-electron chi connectivity index (χ1n) is 5.85. The van der Waals surface area contributed by atoms with E-state index in [9.17, 15) is 9.18 Å². The van der Waals surface area contributed by atoms with Crippen LogP contribution in [0.4, 0.5) is 10.1 Å². The van der Waals surface area contributed by atoms with Gasteiger partial charge in [0.15, 0.2) is 0 Å². The zero-order chi connectivity index (χ0) is 13.8. The summed E-state index contributed by atoms with van der Waals surface area (Å²) in [4.78, 5) is 11.9. The van der Waals surface area contributed by atoms with Crippen LogP contribution in [0.1, 0.15) is 11.1 Å². The molecule has 2 aromatic carbocycles. The molecule has 0 saturated heterocycles. The Morgan fingerprint density at radius 1 is 1.26 bits per heavy atom. The lowest BCUT2D eigenvalue weighted by molar-refractivity contribution is -0.115. The van der Waals surface area contributed by atoms with E-state index >= 15 is 0 Å². The molecule has 0 saturated carbocycles. The molecule has 0 radical (unpaired) electrons. The van der Waals surface area contributed by atoms with Crippen LogP contribution in [0.25, 0.3) is 0 Å². The molecule has 19 heavy (non-hydrogen) atoms. The fourth-order valence-corrected chi connectivity index (χ4v) is 2.44. The van der Waals surface area contributed by atoms with Crippen molar-refractivity contribution in [3.63, 3.8) is 0 Å². The number of nitrogens with one attached hydrogen (secondary N) is 1. The van der Waals surface area contributed by atoms with Gasteiger partial charge in [-0.3, -0.25) is 4.79 Å². The maximum atomic E-state index is 13.0. The summed E-state index contributed by atoms with van der Waals surface area (Å²) in [7, 11) is 0. The molecule has 0 spiro atoms. The zero-order valence-electron chi connectivity index (χ0n) is 10.4. The van der Waals surface area contributed by atoms with Crippen LogP contribution in [0.15, 0.2) is 42.5 Å². The molecule has 0 aliphatic heterocycles. The van der Waals surface area contributed by atoms with Crippen LogP contribution in [0.3, 0.4) is 0 Å². The standard InChI is InChI=1S/C15H13FINO/c1-10-7-13(17)5-6-14(10)18-15(19)9-11-3-2-4-12(16)8-11/h2-8H,9H2,1H3,(H,18,19). The number of carbonyl (C=O) groups excluding carboxylic acids is 1. The summed E-state index contributed by atoms with van der Waals surface area (Å²) in [5.74, 6) is -0.467. The largest absolute Gasteiger partial charge is 0.326 e. The number of benzene rings is 2. The van der Waals surface area contributed by atoms with Gasteiger partial charge < -0.3 is 5.32 Å². The van der Waals surface area contributed by atoms with Gasteiger partial charge in [0.25, 0.3) is 0 Å². The average molecular weight is 369 g/mol. The summed E-state index contributed by atoms with van der Waals surface area (Å²) in [6.07, 6.45) is 0.170. The molecule has 98 valence electrons. The Morgan fingerprint density at radius 2 is 2.05 bits per heavy atom. The minimum atomic E-state index is -0.323. The smallest absolute Gasteiger partial charge is 0.228 e. The van der Waals surface area contributed by atoms with Crippen molar-refractivity contribution in [2.75, 3.05) is 5.32 Å². The van der Waals surface area contributed by atoms with E-state index in [2.05, 4.69) is 27.9 Å². The molecule has 0 bridgehead atoms. The first kappa shape index (κ1) is 14.0. The zero-order valence-corrected chi connectivity index (χ0v) is 12.6. The summed E-state index contributed by atoms with van der Waals surface area (Å²) < 4.78 is 14.1. The number of aryl methyl sites for hydroxylation is 1. The molecule has 0 aromatic heterocycles. The quantitative estimate of drug-likeness (QED) is 0.817. The molecule has 0 aliphatic rings. The number of halogens is 2. The van der Waals surface area contributed by atoms with Gasteiger partial charge in [-0.1, -0.05) is 12.1 Å². The van der Waals surface area contributed by atoms with Crippen LogP contribution in [-0.2, 0) is 11.2 Å². The molecule has 0 fully saturated rings. The molecular formula is C15H13FINO. The van der Waals surface area contributed by atoms with Crippen molar-refractivity contribution in [1.82, 2.24) is 0 Å². The van der Waals surface area contributed by atoms with Crippen molar-refractivity contribution in [3.05, 3.63) is 63.0 Å². The van der Waals surface area contributed by atoms with Crippen molar-refractivity contribution < 1.29 is 9.18 Å². The van der Waals surface area contributed by atoms with Crippen molar-refractivity contribution in [2.24, 2.45) is 0 Å². The van der Waals surface area contributed by atoms with E-state index in [1.807, 2.05) is 25.1 Å². The first-order valence-corrected chi connectivity index (χ1v) is 6.93. The molecule has 1 N–H and O–H groups in total. The fraction of sp³-hybridized carbons (Fsp3) is 0.133. The highest BCUT2D eigenvalue weighted by molar-refractivity contribution is 14.1. The lowest BCUT2D eigenvalue weighted by Crippen LogP contribution is -2.15. The lowest BCUT2D eigenvalue weighted by atomic mass is 10.1. The molecular weight excluding hydrogens is 356 g/mol. The van der Waals surface area contributed by atoms with Crippen molar-refractivity contribution >= 4 is 34.2 Å². The minimum Gasteiger partial charge on any atom is -0.326 e. The Morgan fingerprint density at radius 3 is 2.74 bits per heavy atom. The van der Waals surface area contributed by atoms with Gasteiger partial charge in [0.1, 0.15) is 5.82 Å². The van der Waals surface area contributed by atoms with Crippen molar-refractivity contribution in [3.8, 4) is 0 Å². The van der Waals surface area contributed by atoms with Crippen LogP contribution in [0, 0.1) is 16.3 Å². The predicted octanol–water partition coefficient (Wildman–Crippen LogP) is 3.92. The minimum absolute atomic E-state index is 0.144. The number of rotatable bonds is 3. The van der Waals surface area contributed by atoms with Gasteiger partial charge in [0.05, 0.1) is 6.42 Å². The maximum absolute atomic E-state index is 13.0. The number of hydrogen-bond acceptors (Lipinski definition) is 1. The molecule has 2 rings (SSSR count). The monoisotopic (exact) mass is 369 g/mol. The normalized spacial score (nSPS) is 10.3. The van der Waals surface area contributed by atoms with E-state index < -0.39 is 0 Å². The number of anilines is 1. The highest BCUT2D eigenvalue weighted by Crippen LogP contribution is 2.18. The number of hydrogen-bond donors (Lipinski definition) is 1. The molecule has 1 amide bonds. The lowest BCUT2D eigenvalue weighted by Gasteiger charge is -2.09. The van der Waals surface area contributed by atoms with E-state index in [1.54, 1.807) is 12.1 Å². The van der Waals surface area contributed by atoms with Crippen LogP contribution in [-0.4, -0.2) is 5.91 Å². The number of carbonyl (C=O) groups is 1. The van der Waals surface area contributed by atoms with Gasteiger partial charge >= 0.3 is 0 Å². The molecule has 2 nitrogen and oxygen atoms in total. The highest BCUT2D eigenvalue weighted by Gasteiger charge is 2.06. The van der Waals surface area contributed by atoms with Crippen LogP contribution < -0.4 is 5.32 Å². The molecule has 4 heteroatoms. The maximum Gasteiger partial charge on any atom is 0.228 e. The number of amides is 1. The van der Waals surface area contributed by atoms with Gasteiger partial charge in [-0.05, 0) is 71.0 Å². The topological polar surface area (TPSA) is 29.1 Å². The molecule has 0 heterocycles. The molecule has 0 unspecified atom stereocenters. The highest BCUT2D eigenvalue weighted by atomic mass is 127. The second-order valence-corrected chi connectivity index (χ2v) is 5.56. The Hall–Kier alpha value is -1.43. The third kappa shape index (κ3) is 4.02. The van der Waals surface area contributed by atoms with Gasteiger partial charge in [-0.2, -0.15) is 0 Å². The van der Waals surface area contributed by atoms with Crippen LogP contribution >= 0.6 is 22.6 Å². The third-order valence-electron chi connectivity index (χ3n) is 2.72. The van der Waals surface area contributed by atoms with Crippen molar-refractivity contribution in [2.45, 2.75) is 13.3 Å². The van der Waals surface area contributed by atoms with Crippen molar-refractivity contribution in [1.29, 1.82) is 0 Å². The third-order valence-corrected chi connectivity index (χ3v) is 3.39. The summed E-state index contributed by atoms with van der Waals surface area (Å²) in [6, 6.07) is 11.9. The molecule has 0 atom stereocenters. The average Bonchev–Trinajstić information content (AvgIpc) is 2.33. The Kier molecular flexibility index (Phi) is 4.52. The predicted molar refractivity (Wildman–Crippen MR) is 82.6 cm³/mol. The van der Waals surface area contributed by atoms with E-state index in [0.29, 0.717) is 5.56 Å². The summed E-state index contributed by atoms with van der Waals surface area (Å²) in [5, 5.41) is 2.84. The summed E-state index contributed by atoms with van der Waals surface area (Å²) in [5.41, 5.74) is 2.47. The van der Waals surface area contributed by atoms with E-state index in [4.69, 9.17) is 0 Å². The molecule has 0 aliphatic carbocycles. The summed E-state index contributed by atoms with van der Waals surface area (Å²) >= 11 is 2.22. The molecule has 2 aromatic rings. The Balaban J connectivity index is 2.05. The van der Waals surface area contributed by atoms with Gasteiger partial charge in [0, 0.05) is 9.26 Å².